The summed E-state index contributed by atoms with van der Waals surface area (Å²) in [5, 5.41) is 0. The fourth-order valence-electron chi connectivity index (χ4n) is 3.01. The molecule has 2 aromatic rings. The Hall–Kier alpha value is -1.88. The number of carbonyl (C=O) groups excluding carboxylic acids is 1. The van der Waals surface area contributed by atoms with E-state index in [0.29, 0.717) is 18.7 Å². The van der Waals surface area contributed by atoms with Crippen LogP contribution in [0, 0.1) is 6.92 Å². The van der Waals surface area contributed by atoms with Crippen molar-refractivity contribution in [2.24, 2.45) is 0 Å². The third-order valence-electron chi connectivity index (χ3n) is 4.21. The molecule has 0 saturated carbocycles. The molecule has 1 aliphatic rings. The van der Waals surface area contributed by atoms with Crippen molar-refractivity contribution in [2.45, 2.75) is 39.2 Å². The monoisotopic (exact) mass is 301 g/mol. The number of ether oxygens (including phenoxy) is 1. The summed E-state index contributed by atoms with van der Waals surface area (Å²) in [5.74, 6) is 0.924. The van der Waals surface area contributed by atoms with Gasteiger partial charge in [-0.15, -0.1) is 0 Å². The van der Waals surface area contributed by atoms with Crippen LogP contribution in [0.15, 0.2) is 18.2 Å². The number of rotatable bonds is 4. The van der Waals surface area contributed by atoms with Gasteiger partial charge >= 0.3 is 0 Å². The molecule has 2 heterocycles. The number of imidazole rings is 1. The van der Waals surface area contributed by atoms with E-state index in [1.165, 1.54) is 6.42 Å². The highest BCUT2D eigenvalue weighted by Gasteiger charge is 2.21. The van der Waals surface area contributed by atoms with Crippen LogP contribution in [0.3, 0.4) is 0 Å². The van der Waals surface area contributed by atoms with Gasteiger partial charge in [0.05, 0.1) is 17.1 Å². The van der Waals surface area contributed by atoms with Crippen LogP contribution in [-0.4, -0.2) is 46.6 Å². The van der Waals surface area contributed by atoms with Crippen molar-refractivity contribution in [2.75, 3.05) is 19.7 Å². The number of H-pyrrole nitrogens is 1. The maximum absolute atomic E-state index is 12.7. The number of hydrogen-bond donors (Lipinski definition) is 1. The number of aryl methyl sites for hydroxylation is 1. The van der Waals surface area contributed by atoms with E-state index >= 15 is 0 Å². The van der Waals surface area contributed by atoms with Crippen LogP contribution in [0.5, 0.6) is 0 Å². The number of fused-ring (bicyclic) bond motifs is 1. The molecule has 5 heteroatoms. The molecule has 3 rings (SSSR count). The van der Waals surface area contributed by atoms with Crippen LogP contribution < -0.4 is 0 Å². The fourth-order valence-corrected chi connectivity index (χ4v) is 3.01. The lowest BCUT2D eigenvalue weighted by Crippen LogP contribution is -2.39. The quantitative estimate of drug-likeness (QED) is 0.944. The maximum atomic E-state index is 12.7. The number of nitrogens with one attached hydrogen (secondary N) is 1. The topological polar surface area (TPSA) is 58.2 Å². The van der Waals surface area contributed by atoms with Gasteiger partial charge in [0.2, 0.25) is 0 Å². The van der Waals surface area contributed by atoms with E-state index in [1.54, 1.807) is 0 Å². The predicted molar refractivity (Wildman–Crippen MR) is 86.0 cm³/mol. The third kappa shape index (κ3) is 3.14. The highest BCUT2D eigenvalue weighted by molar-refractivity contribution is 5.97. The first-order chi connectivity index (χ1) is 10.7. The van der Waals surface area contributed by atoms with Gasteiger partial charge in [0.15, 0.2) is 0 Å². The lowest BCUT2D eigenvalue weighted by Gasteiger charge is -2.29. The molecular formula is C17H23N3O2. The molecule has 1 fully saturated rings. The predicted octanol–water partition coefficient (Wildman–Crippen LogP) is 2.90. The molecule has 1 saturated heterocycles. The number of amides is 1. The van der Waals surface area contributed by atoms with E-state index in [-0.39, 0.29) is 12.0 Å². The first kappa shape index (κ1) is 15.0. The van der Waals surface area contributed by atoms with Gasteiger partial charge in [-0.3, -0.25) is 4.79 Å². The summed E-state index contributed by atoms with van der Waals surface area (Å²) in [7, 11) is 0. The number of aromatic amines is 1. The molecule has 1 aromatic heterocycles. The van der Waals surface area contributed by atoms with E-state index in [9.17, 15) is 4.79 Å². The molecule has 1 amide bonds. The largest absolute Gasteiger partial charge is 0.376 e. The first-order valence-corrected chi connectivity index (χ1v) is 8.04. The van der Waals surface area contributed by atoms with Crippen molar-refractivity contribution >= 4 is 16.9 Å². The minimum absolute atomic E-state index is 0.0610. The average Bonchev–Trinajstić information content (AvgIpc) is 2.92. The Kier molecular flexibility index (Phi) is 4.43. The highest BCUT2D eigenvalue weighted by atomic mass is 16.5. The molecule has 22 heavy (non-hydrogen) atoms. The molecule has 5 nitrogen and oxygen atoms in total. The Morgan fingerprint density at radius 2 is 2.32 bits per heavy atom. The smallest absolute Gasteiger partial charge is 0.254 e. The summed E-state index contributed by atoms with van der Waals surface area (Å²) < 4.78 is 5.76. The zero-order chi connectivity index (χ0) is 15.5. The second-order valence-corrected chi connectivity index (χ2v) is 5.89. The minimum atomic E-state index is 0.0610. The van der Waals surface area contributed by atoms with Crippen LogP contribution in [0.4, 0.5) is 0 Å². The fraction of sp³-hybridized carbons (Fsp3) is 0.529. The van der Waals surface area contributed by atoms with E-state index in [1.807, 2.05) is 36.9 Å². The number of carbonyl (C=O) groups is 1. The van der Waals surface area contributed by atoms with Crippen LogP contribution in [0.1, 0.15) is 42.4 Å². The minimum Gasteiger partial charge on any atom is -0.376 e. The van der Waals surface area contributed by atoms with Crippen molar-refractivity contribution in [3.05, 3.63) is 29.6 Å². The van der Waals surface area contributed by atoms with E-state index in [0.717, 1.165) is 36.3 Å². The molecule has 1 aromatic carbocycles. The Labute approximate surface area is 130 Å². The highest BCUT2D eigenvalue weighted by Crippen LogP contribution is 2.18. The molecule has 1 unspecified atom stereocenters. The van der Waals surface area contributed by atoms with Gasteiger partial charge in [-0.1, -0.05) is 0 Å². The average molecular weight is 301 g/mol. The van der Waals surface area contributed by atoms with Crippen LogP contribution in [0.2, 0.25) is 0 Å². The van der Waals surface area contributed by atoms with Crippen LogP contribution in [-0.2, 0) is 4.74 Å². The molecule has 118 valence electrons. The Morgan fingerprint density at radius 1 is 1.45 bits per heavy atom. The number of aromatic nitrogens is 2. The third-order valence-corrected chi connectivity index (χ3v) is 4.21. The van der Waals surface area contributed by atoms with Crippen molar-refractivity contribution in [3.63, 3.8) is 0 Å². The van der Waals surface area contributed by atoms with Gasteiger partial charge in [-0.05, 0) is 51.3 Å². The molecule has 0 spiro atoms. The number of hydrogen-bond acceptors (Lipinski definition) is 3. The molecule has 0 aliphatic carbocycles. The summed E-state index contributed by atoms with van der Waals surface area (Å²) in [6, 6.07) is 5.65. The van der Waals surface area contributed by atoms with Gasteiger partial charge in [-0.2, -0.15) is 0 Å². The van der Waals surface area contributed by atoms with Gasteiger partial charge in [0.1, 0.15) is 5.82 Å². The van der Waals surface area contributed by atoms with Crippen molar-refractivity contribution in [1.82, 2.24) is 14.9 Å². The van der Waals surface area contributed by atoms with E-state index in [4.69, 9.17) is 4.74 Å². The molecule has 1 atom stereocenters. The van der Waals surface area contributed by atoms with Gasteiger partial charge in [0, 0.05) is 25.3 Å². The van der Waals surface area contributed by atoms with Crippen molar-refractivity contribution < 1.29 is 9.53 Å². The zero-order valence-corrected chi connectivity index (χ0v) is 13.3. The lowest BCUT2D eigenvalue weighted by atomic mass is 10.1. The molecular weight excluding hydrogens is 278 g/mol. The van der Waals surface area contributed by atoms with Crippen molar-refractivity contribution in [1.29, 1.82) is 0 Å². The Bertz CT molecular complexity index is 659. The van der Waals surface area contributed by atoms with Crippen molar-refractivity contribution in [3.8, 4) is 0 Å². The van der Waals surface area contributed by atoms with Gasteiger partial charge in [-0.25, -0.2) is 4.98 Å². The lowest BCUT2D eigenvalue weighted by molar-refractivity contribution is -0.00311. The zero-order valence-electron chi connectivity index (χ0n) is 13.3. The first-order valence-electron chi connectivity index (χ1n) is 8.04. The van der Waals surface area contributed by atoms with Gasteiger partial charge < -0.3 is 14.6 Å². The number of benzene rings is 1. The maximum Gasteiger partial charge on any atom is 0.254 e. The molecule has 0 bridgehead atoms. The molecule has 1 aliphatic heterocycles. The second kappa shape index (κ2) is 6.48. The summed E-state index contributed by atoms with van der Waals surface area (Å²) in [5.41, 5.74) is 2.51. The number of nitrogens with zero attached hydrogens (tertiary/aromatic N) is 2. The normalized spacial score (nSPS) is 18.5. The summed E-state index contributed by atoms with van der Waals surface area (Å²) in [4.78, 5) is 22.2. The SMILES string of the molecule is CCN(CC1CCCCO1)C(=O)c1ccc2nc(C)[nH]c2c1. The summed E-state index contributed by atoms with van der Waals surface area (Å²) >= 11 is 0. The van der Waals surface area contributed by atoms with E-state index in [2.05, 4.69) is 9.97 Å². The Balaban J connectivity index is 1.76. The van der Waals surface area contributed by atoms with Crippen LogP contribution in [0.25, 0.3) is 11.0 Å². The van der Waals surface area contributed by atoms with E-state index < -0.39 is 0 Å². The standard InChI is InChI=1S/C17H23N3O2/c1-3-20(11-14-6-4-5-9-22-14)17(21)13-7-8-15-16(10-13)19-12(2)18-15/h7-8,10,14H,3-6,9,11H2,1-2H3,(H,18,19). The molecule has 1 N–H and O–H groups in total. The number of likely N-dealkylation sites (N-methyl/N-ethyl adjacent to an activating group) is 1. The second-order valence-electron chi connectivity index (χ2n) is 5.89. The Morgan fingerprint density at radius 3 is 3.05 bits per heavy atom. The summed E-state index contributed by atoms with van der Waals surface area (Å²) in [6.07, 6.45) is 3.54. The van der Waals surface area contributed by atoms with Crippen LogP contribution >= 0.6 is 0 Å². The van der Waals surface area contributed by atoms with Gasteiger partial charge in [0.25, 0.3) is 5.91 Å². The molecule has 0 radical (unpaired) electrons. The summed E-state index contributed by atoms with van der Waals surface area (Å²) in [6.45, 7) is 6.11.